The average Bonchev–Trinajstić information content (AvgIpc) is 2.70. The highest BCUT2D eigenvalue weighted by Gasteiger charge is 2.49. The van der Waals surface area contributed by atoms with Crippen LogP contribution in [0.1, 0.15) is 11.1 Å². The van der Waals surface area contributed by atoms with Gasteiger partial charge in [-0.25, -0.2) is 0 Å². The number of carbonyl (C=O) groups is 2. The minimum absolute atomic E-state index is 0.245. The van der Waals surface area contributed by atoms with Crippen molar-refractivity contribution in [1.29, 1.82) is 0 Å². The van der Waals surface area contributed by atoms with Gasteiger partial charge in [-0.2, -0.15) is 26.3 Å². The minimum atomic E-state index is -5.62. The lowest BCUT2D eigenvalue weighted by Crippen LogP contribution is -2.34. The molecule has 0 aromatic heterocycles. The van der Waals surface area contributed by atoms with E-state index in [2.05, 4.69) is 0 Å². The fraction of sp³-hybridized carbons (Fsp3) is 0.182. The third kappa shape index (κ3) is 7.44. The van der Waals surface area contributed by atoms with Crippen LogP contribution in [0.3, 0.4) is 0 Å². The first-order valence-electron chi connectivity index (χ1n) is 8.92. The maximum atomic E-state index is 12.7. The summed E-state index contributed by atoms with van der Waals surface area (Å²) < 4.78 is 76.0. The number of hydrogen-bond acceptors (Lipinski definition) is 3. The Morgan fingerprint density at radius 2 is 1.10 bits per heavy atom. The molecule has 0 aliphatic heterocycles. The average molecular weight is 441 g/mol. The topological polar surface area (TPSA) is 37.4 Å². The van der Waals surface area contributed by atoms with Crippen molar-refractivity contribution in [2.75, 3.05) is 0 Å². The molecule has 3 nitrogen and oxygen atoms in total. The van der Waals surface area contributed by atoms with Crippen LogP contribution in [0.25, 0.3) is 0 Å². The predicted octanol–water partition coefficient (Wildman–Crippen LogP) is 5.39. The molecule has 0 aliphatic carbocycles. The number of ketones is 2. The molecule has 0 radical (unpaired) electrons. The summed E-state index contributed by atoms with van der Waals surface area (Å²) in [5.41, 5.74) is -0.314. The number of hydrogen-bond donors (Lipinski definition) is 0. The lowest BCUT2D eigenvalue weighted by Gasteiger charge is -2.20. The highest BCUT2D eigenvalue weighted by molar-refractivity contribution is 6.23. The van der Waals surface area contributed by atoms with Crippen LogP contribution in [-0.2, 0) is 22.7 Å². The van der Waals surface area contributed by atoms with Crippen LogP contribution >= 0.6 is 0 Å². The van der Waals surface area contributed by atoms with Crippen molar-refractivity contribution in [3.63, 3.8) is 0 Å². The maximum absolute atomic E-state index is 12.7. The zero-order valence-corrected chi connectivity index (χ0v) is 16.0. The van der Waals surface area contributed by atoms with Crippen LogP contribution in [0, 0.1) is 0 Å². The molecular weight excluding hydrogens is 424 g/mol. The standard InChI is InChI=1S/C22H17F6NO2/c23-21(24,25)19(30)18(20(31)22(26,27)28)12-7-13-29(14-16-8-3-1-4-9-16)15-17-10-5-2-6-11-17/h1-13H,14-15H2/b13-7+. The van der Waals surface area contributed by atoms with E-state index in [0.717, 1.165) is 17.2 Å². The van der Waals surface area contributed by atoms with Crippen LogP contribution < -0.4 is 0 Å². The Kier molecular flexibility index (Phi) is 7.79. The van der Waals surface area contributed by atoms with E-state index in [9.17, 15) is 35.9 Å². The van der Waals surface area contributed by atoms with Crippen molar-refractivity contribution in [3.8, 4) is 0 Å². The third-order valence-corrected chi connectivity index (χ3v) is 4.02. The number of carbonyl (C=O) groups excluding carboxylic acids is 2. The van der Waals surface area contributed by atoms with Gasteiger partial charge >= 0.3 is 12.4 Å². The summed E-state index contributed by atoms with van der Waals surface area (Å²) >= 11 is 0. The highest BCUT2D eigenvalue weighted by atomic mass is 19.4. The molecule has 0 amide bonds. The van der Waals surface area contributed by atoms with Gasteiger partial charge < -0.3 is 4.90 Å². The molecule has 0 atom stereocenters. The summed E-state index contributed by atoms with van der Waals surface area (Å²) in [7, 11) is 0. The first-order chi connectivity index (χ1) is 14.5. The summed E-state index contributed by atoms with van der Waals surface area (Å²) in [6.07, 6.45) is -8.93. The molecule has 31 heavy (non-hydrogen) atoms. The van der Waals surface area contributed by atoms with E-state index >= 15 is 0 Å². The van der Waals surface area contributed by atoms with E-state index < -0.39 is 29.5 Å². The fourth-order valence-electron chi connectivity index (χ4n) is 2.62. The second-order valence-electron chi connectivity index (χ2n) is 6.45. The quantitative estimate of drug-likeness (QED) is 0.181. The maximum Gasteiger partial charge on any atom is 0.455 e. The van der Waals surface area contributed by atoms with Gasteiger partial charge in [-0.3, -0.25) is 9.59 Å². The van der Waals surface area contributed by atoms with E-state index in [1.165, 1.54) is 6.20 Å². The summed E-state index contributed by atoms with van der Waals surface area (Å²) in [5, 5.41) is 0. The first-order valence-corrected chi connectivity index (χ1v) is 8.92. The van der Waals surface area contributed by atoms with Crippen molar-refractivity contribution >= 4 is 11.6 Å². The van der Waals surface area contributed by atoms with Crippen LogP contribution in [-0.4, -0.2) is 28.8 Å². The lowest BCUT2D eigenvalue weighted by atomic mass is 10.1. The Morgan fingerprint density at radius 3 is 1.45 bits per heavy atom. The Hall–Kier alpha value is -3.36. The number of nitrogens with zero attached hydrogens (tertiary/aromatic N) is 1. The molecule has 0 fully saturated rings. The number of Topliss-reactive ketones (excluding diaryl/α,β-unsaturated/α-hetero) is 2. The Bertz CT molecular complexity index is 878. The van der Waals surface area contributed by atoms with Crippen molar-refractivity contribution in [3.05, 3.63) is 95.7 Å². The van der Waals surface area contributed by atoms with E-state index in [0.29, 0.717) is 0 Å². The van der Waals surface area contributed by atoms with Crippen molar-refractivity contribution in [2.24, 2.45) is 0 Å². The molecule has 0 saturated carbocycles. The predicted molar refractivity (Wildman–Crippen MR) is 101 cm³/mol. The zero-order valence-electron chi connectivity index (χ0n) is 16.0. The van der Waals surface area contributed by atoms with Gasteiger partial charge in [0.25, 0.3) is 11.6 Å². The van der Waals surface area contributed by atoms with Crippen molar-refractivity contribution < 1.29 is 35.9 Å². The summed E-state index contributed by atoms with van der Waals surface area (Å²) in [5.74, 6) is -5.70. The normalized spacial score (nSPS) is 11.9. The van der Waals surface area contributed by atoms with Gasteiger partial charge in [-0.05, 0) is 29.5 Å². The molecule has 164 valence electrons. The number of allylic oxidation sites excluding steroid dienone is 3. The van der Waals surface area contributed by atoms with E-state index in [-0.39, 0.29) is 19.2 Å². The zero-order chi connectivity index (χ0) is 23.1. The lowest BCUT2D eigenvalue weighted by molar-refractivity contribution is -0.175. The SMILES string of the molecule is O=C(C(=C/C=C/N(Cc1ccccc1)Cc1ccccc1)C(=O)C(F)(F)F)C(F)(F)F. The summed E-state index contributed by atoms with van der Waals surface area (Å²) in [6.45, 7) is 0.575. The van der Waals surface area contributed by atoms with Gasteiger partial charge in [0.05, 0.1) is 5.57 Å². The van der Waals surface area contributed by atoms with Crippen LogP contribution in [0.2, 0.25) is 0 Å². The van der Waals surface area contributed by atoms with Gasteiger partial charge in [-0.15, -0.1) is 0 Å². The molecule has 9 heteroatoms. The van der Waals surface area contributed by atoms with Gasteiger partial charge in [0, 0.05) is 13.1 Å². The molecule has 2 aromatic rings. The molecule has 0 heterocycles. The van der Waals surface area contributed by atoms with Gasteiger partial charge in [0.1, 0.15) is 0 Å². The molecular formula is C22H17F6NO2. The van der Waals surface area contributed by atoms with Crippen LogP contribution in [0.4, 0.5) is 26.3 Å². The smallest absolute Gasteiger partial charge is 0.369 e. The molecule has 2 aromatic carbocycles. The Labute approximate surface area is 174 Å². The molecule has 0 saturated heterocycles. The highest BCUT2D eigenvalue weighted by Crippen LogP contribution is 2.27. The molecule has 2 rings (SSSR count). The molecule has 0 bridgehead atoms. The Balaban J connectivity index is 2.34. The monoisotopic (exact) mass is 441 g/mol. The molecule has 0 unspecified atom stereocenters. The molecule has 0 aliphatic rings. The fourth-order valence-corrected chi connectivity index (χ4v) is 2.62. The second kappa shape index (κ2) is 10.1. The first kappa shape index (κ1) is 23.9. The Morgan fingerprint density at radius 1 is 0.710 bits per heavy atom. The minimum Gasteiger partial charge on any atom is -0.369 e. The van der Waals surface area contributed by atoms with Crippen LogP contribution in [0.15, 0.2) is 84.6 Å². The number of alkyl halides is 6. The van der Waals surface area contributed by atoms with Crippen LogP contribution in [0.5, 0.6) is 0 Å². The van der Waals surface area contributed by atoms with Gasteiger partial charge in [0.2, 0.25) is 0 Å². The molecule has 0 spiro atoms. The summed E-state index contributed by atoms with van der Waals surface area (Å²) in [6, 6.07) is 17.9. The number of benzene rings is 2. The van der Waals surface area contributed by atoms with Gasteiger partial charge in [-0.1, -0.05) is 60.7 Å². The van der Waals surface area contributed by atoms with E-state index in [4.69, 9.17) is 0 Å². The second-order valence-corrected chi connectivity index (χ2v) is 6.45. The molecule has 0 N–H and O–H groups in total. The number of halogens is 6. The van der Waals surface area contributed by atoms with Gasteiger partial charge in [0.15, 0.2) is 0 Å². The largest absolute Gasteiger partial charge is 0.455 e. The van der Waals surface area contributed by atoms with Crippen molar-refractivity contribution in [1.82, 2.24) is 4.90 Å². The van der Waals surface area contributed by atoms with E-state index in [1.54, 1.807) is 65.6 Å². The third-order valence-electron chi connectivity index (χ3n) is 4.02. The van der Waals surface area contributed by atoms with Crippen molar-refractivity contribution in [2.45, 2.75) is 25.4 Å². The number of rotatable bonds is 8. The van der Waals surface area contributed by atoms with E-state index in [1.807, 2.05) is 0 Å². The summed E-state index contributed by atoms with van der Waals surface area (Å²) in [4.78, 5) is 24.3.